The predicted octanol–water partition coefficient (Wildman–Crippen LogP) is 4.63. The lowest BCUT2D eigenvalue weighted by Crippen LogP contribution is -2.12. The Hall–Kier alpha value is -1.90. The molecule has 20 heavy (non-hydrogen) atoms. The quantitative estimate of drug-likeness (QED) is 0.881. The third kappa shape index (κ3) is 2.82. The lowest BCUT2D eigenvalue weighted by atomic mass is 10.00. The van der Waals surface area contributed by atoms with Crippen LogP contribution in [0.1, 0.15) is 41.0 Å². The highest BCUT2D eigenvalue weighted by atomic mass is 19.1. The van der Waals surface area contributed by atoms with Gasteiger partial charge in [-0.2, -0.15) is 0 Å². The molecule has 0 radical (unpaired) electrons. The summed E-state index contributed by atoms with van der Waals surface area (Å²) in [6.45, 7) is 9.98. The van der Waals surface area contributed by atoms with Gasteiger partial charge in [-0.05, 0) is 63.9 Å². The van der Waals surface area contributed by atoms with Crippen LogP contribution in [-0.4, -0.2) is 4.98 Å². The highest BCUT2D eigenvalue weighted by Crippen LogP contribution is 2.27. The number of anilines is 1. The fourth-order valence-corrected chi connectivity index (χ4v) is 2.76. The van der Waals surface area contributed by atoms with Crippen LogP contribution in [0.25, 0.3) is 0 Å². The number of nitrogens with one attached hydrogen (secondary N) is 1. The van der Waals surface area contributed by atoms with Gasteiger partial charge >= 0.3 is 0 Å². The Morgan fingerprint density at radius 3 is 2.50 bits per heavy atom. The molecule has 0 aliphatic rings. The van der Waals surface area contributed by atoms with E-state index in [1.807, 2.05) is 19.9 Å². The van der Waals surface area contributed by atoms with Gasteiger partial charge in [-0.25, -0.2) is 4.39 Å². The molecule has 0 aliphatic carbocycles. The number of rotatable bonds is 3. The average molecular weight is 272 g/mol. The van der Waals surface area contributed by atoms with Crippen LogP contribution in [0, 0.1) is 33.5 Å². The van der Waals surface area contributed by atoms with Crippen molar-refractivity contribution >= 4 is 5.69 Å². The van der Waals surface area contributed by atoms with Gasteiger partial charge in [0, 0.05) is 22.6 Å². The molecule has 0 fully saturated rings. The van der Waals surface area contributed by atoms with E-state index >= 15 is 0 Å². The Balaban J connectivity index is 2.33. The van der Waals surface area contributed by atoms with E-state index in [4.69, 9.17) is 0 Å². The largest absolute Gasteiger partial charge is 0.378 e. The van der Waals surface area contributed by atoms with Crippen LogP contribution < -0.4 is 5.32 Å². The third-order valence-electron chi connectivity index (χ3n) is 3.66. The number of aromatic nitrogens is 1. The first-order valence-corrected chi connectivity index (χ1v) is 6.86. The molecule has 1 N–H and O–H groups in total. The summed E-state index contributed by atoms with van der Waals surface area (Å²) in [6, 6.07) is 7.28. The molecular weight excluding hydrogens is 251 g/mol. The van der Waals surface area contributed by atoms with E-state index in [2.05, 4.69) is 30.2 Å². The van der Waals surface area contributed by atoms with E-state index in [-0.39, 0.29) is 11.9 Å². The Morgan fingerprint density at radius 1 is 1.15 bits per heavy atom. The van der Waals surface area contributed by atoms with Gasteiger partial charge in [0.15, 0.2) is 0 Å². The first-order chi connectivity index (χ1) is 9.40. The molecule has 0 amide bonds. The Bertz CT molecular complexity index is 612. The van der Waals surface area contributed by atoms with Crippen molar-refractivity contribution in [3.05, 3.63) is 58.2 Å². The van der Waals surface area contributed by atoms with Crippen molar-refractivity contribution in [3.8, 4) is 0 Å². The van der Waals surface area contributed by atoms with E-state index in [0.29, 0.717) is 5.56 Å². The van der Waals surface area contributed by atoms with Crippen molar-refractivity contribution in [2.45, 2.75) is 40.7 Å². The van der Waals surface area contributed by atoms with Gasteiger partial charge in [0.05, 0.1) is 6.04 Å². The van der Waals surface area contributed by atoms with E-state index < -0.39 is 0 Å². The zero-order valence-corrected chi connectivity index (χ0v) is 12.7. The lowest BCUT2D eigenvalue weighted by molar-refractivity contribution is 0.618. The van der Waals surface area contributed by atoms with Gasteiger partial charge in [-0.15, -0.1) is 0 Å². The number of hydrogen-bond donors (Lipinski definition) is 1. The number of aryl methyl sites for hydroxylation is 3. The van der Waals surface area contributed by atoms with Crippen LogP contribution in [0.5, 0.6) is 0 Å². The fraction of sp³-hybridized carbons (Fsp3) is 0.353. The Morgan fingerprint density at radius 2 is 1.85 bits per heavy atom. The van der Waals surface area contributed by atoms with Crippen molar-refractivity contribution in [3.63, 3.8) is 0 Å². The molecule has 1 aromatic carbocycles. The van der Waals surface area contributed by atoms with Gasteiger partial charge < -0.3 is 5.32 Å². The first-order valence-electron chi connectivity index (χ1n) is 6.86. The van der Waals surface area contributed by atoms with Crippen molar-refractivity contribution in [1.29, 1.82) is 0 Å². The maximum absolute atomic E-state index is 13.6. The molecule has 2 aromatic rings. The maximum atomic E-state index is 13.6. The number of hydrogen-bond acceptors (Lipinski definition) is 2. The van der Waals surface area contributed by atoms with Crippen LogP contribution in [0.2, 0.25) is 0 Å². The summed E-state index contributed by atoms with van der Waals surface area (Å²) >= 11 is 0. The molecule has 1 aromatic heterocycles. The van der Waals surface area contributed by atoms with Crippen molar-refractivity contribution in [2.24, 2.45) is 0 Å². The second kappa shape index (κ2) is 5.61. The van der Waals surface area contributed by atoms with Gasteiger partial charge in [-0.1, -0.05) is 6.07 Å². The minimum atomic E-state index is -0.183. The molecule has 2 rings (SSSR count). The zero-order chi connectivity index (χ0) is 14.9. The van der Waals surface area contributed by atoms with Crippen LogP contribution >= 0.6 is 0 Å². The summed E-state index contributed by atoms with van der Waals surface area (Å²) in [5.74, 6) is -0.183. The van der Waals surface area contributed by atoms with Crippen molar-refractivity contribution in [2.75, 3.05) is 5.32 Å². The molecule has 1 atom stereocenters. The minimum Gasteiger partial charge on any atom is -0.378 e. The molecular formula is C17H21FN2. The van der Waals surface area contributed by atoms with Gasteiger partial charge in [0.1, 0.15) is 5.82 Å². The number of pyridine rings is 1. The highest BCUT2D eigenvalue weighted by Gasteiger charge is 2.14. The summed E-state index contributed by atoms with van der Waals surface area (Å²) in [7, 11) is 0. The normalized spacial score (nSPS) is 12.3. The molecule has 0 saturated heterocycles. The van der Waals surface area contributed by atoms with Crippen molar-refractivity contribution < 1.29 is 4.39 Å². The smallest absolute Gasteiger partial charge is 0.128 e. The Kier molecular flexibility index (Phi) is 4.07. The summed E-state index contributed by atoms with van der Waals surface area (Å²) < 4.78 is 13.6. The second-order valence-electron chi connectivity index (χ2n) is 5.36. The molecule has 0 spiro atoms. The molecule has 2 nitrogen and oxygen atoms in total. The highest BCUT2D eigenvalue weighted by molar-refractivity contribution is 5.53. The predicted molar refractivity (Wildman–Crippen MR) is 81.6 cm³/mol. The number of benzene rings is 1. The van der Waals surface area contributed by atoms with E-state index in [1.165, 1.54) is 17.2 Å². The molecule has 1 heterocycles. The monoisotopic (exact) mass is 272 g/mol. The fourth-order valence-electron chi connectivity index (χ4n) is 2.76. The average Bonchev–Trinajstić information content (AvgIpc) is 2.33. The van der Waals surface area contributed by atoms with Crippen molar-refractivity contribution in [1.82, 2.24) is 4.98 Å². The number of nitrogens with zero attached hydrogens (tertiary/aromatic N) is 1. The van der Waals surface area contributed by atoms with Gasteiger partial charge in [-0.3, -0.25) is 4.98 Å². The van der Waals surface area contributed by atoms with Crippen LogP contribution in [-0.2, 0) is 0 Å². The van der Waals surface area contributed by atoms with Crippen LogP contribution in [0.15, 0.2) is 24.3 Å². The molecule has 3 heteroatoms. The summed E-state index contributed by atoms with van der Waals surface area (Å²) in [4.78, 5) is 4.52. The summed E-state index contributed by atoms with van der Waals surface area (Å²) in [5, 5.41) is 3.39. The van der Waals surface area contributed by atoms with E-state index in [1.54, 1.807) is 13.0 Å². The Labute approximate surface area is 120 Å². The SMILES string of the molecule is Cc1cc(C)c(C(C)Nc2cccc(F)c2C)c(C)n1. The summed E-state index contributed by atoms with van der Waals surface area (Å²) in [6.07, 6.45) is 0. The number of halogens is 1. The van der Waals surface area contributed by atoms with Crippen LogP contribution in [0.3, 0.4) is 0 Å². The topological polar surface area (TPSA) is 24.9 Å². The zero-order valence-electron chi connectivity index (χ0n) is 12.7. The summed E-state index contributed by atoms with van der Waals surface area (Å²) in [5.41, 5.74) is 5.92. The third-order valence-corrected chi connectivity index (χ3v) is 3.66. The van der Waals surface area contributed by atoms with E-state index in [0.717, 1.165) is 17.1 Å². The molecule has 1 unspecified atom stereocenters. The second-order valence-corrected chi connectivity index (χ2v) is 5.36. The standard InChI is InChI=1S/C17H21FN2/c1-10-9-11(2)19-13(4)17(10)14(5)20-16-8-6-7-15(18)12(16)3/h6-9,14,20H,1-5H3. The minimum absolute atomic E-state index is 0.0867. The molecule has 0 saturated carbocycles. The molecule has 106 valence electrons. The lowest BCUT2D eigenvalue weighted by Gasteiger charge is -2.21. The van der Waals surface area contributed by atoms with Gasteiger partial charge in [0.25, 0.3) is 0 Å². The molecule has 0 bridgehead atoms. The van der Waals surface area contributed by atoms with Gasteiger partial charge in [0.2, 0.25) is 0 Å². The first kappa shape index (κ1) is 14.5. The van der Waals surface area contributed by atoms with E-state index in [9.17, 15) is 4.39 Å². The molecule has 0 aliphatic heterocycles. The maximum Gasteiger partial charge on any atom is 0.128 e. The van der Waals surface area contributed by atoms with Crippen LogP contribution in [0.4, 0.5) is 10.1 Å².